The Labute approximate surface area is 102 Å². The van der Waals surface area contributed by atoms with Crippen molar-refractivity contribution in [2.45, 2.75) is 12.8 Å². The van der Waals surface area contributed by atoms with E-state index in [9.17, 15) is 4.39 Å². The average molecular weight is 290 g/mol. The van der Waals surface area contributed by atoms with Crippen molar-refractivity contribution in [3.8, 4) is 11.5 Å². The Morgan fingerprint density at radius 3 is 2.88 bits per heavy atom. The van der Waals surface area contributed by atoms with Crippen molar-refractivity contribution in [3.05, 3.63) is 21.9 Å². The Bertz CT molecular complexity index is 411. The molecule has 2 rings (SSSR count). The molecule has 1 aromatic carbocycles. The third kappa shape index (κ3) is 1.89. The molecule has 0 aliphatic carbocycles. The second kappa shape index (κ2) is 4.59. The minimum absolute atomic E-state index is 0.0490. The van der Waals surface area contributed by atoms with Gasteiger partial charge >= 0.3 is 0 Å². The van der Waals surface area contributed by atoms with Gasteiger partial charge in [-0.15, -0.1) is 0 Å². The number of nitrogens with two attached hydrogens (primary N) is 1. The van der Waals surface area contributed by atoms with Crippen LogP contribution < -0.4 is 15.2 Å². The normalized spacial score (nSPS) is 16.0. The molecule has 0 saturated heterocycles. The lowest BCUT2D eigenvalue weighted by Crippen LogP contribution is -2.18. The Morgan fingerprint density at radius 2 is 2.19 bits per heavy atom. The van der Waals surface area contributed by atoms with Gasteiger partial charge in [-0.25, -0.2) is 4.39 Å². The highest BCUT2D eigenvalue weighted by Gasteiger charge is 2.23. The highest BCUT2D eigenvalue weighted by molar-refractivity contribution is 9.10. The summed E-state index contributed by atoms with van der Waals surface area (Å²) in [4.78, 5) is 0. The Balaban J connectivity index is 2.52. The van der Waals surface area contributed by atoms with Crippen molar-refractivity contribution in [1.29, 1.82) is 0 Å². The van der Waals surface area contributed by atoms with Crippen LogP contribution in [0.5, 0.6) is 11.5 Å². The summed E-state index contributed by atoms with van der Waals surface area (Å²) in [6, 6.07) is 1.67. The van der Waals surface area contributed by atoms with Crippen LogP contribution in [0.4, 0.5) is 4.39 Å². The highest BCUT2D eigenvalue weighted by Crippen LogP contribution is 2.42. The third-order valence-electron chi connectivity index (χ3n) is 2.63. The van der Waals surface area contributed by atoms with E-state index < -0.39 is 0 Å². The zero-order valence-corrected chi connectivity index (χ0v) is 10.5. The molecule has 1 heterocycles. The third-order valence-corrected chi connectivity index (χ3v) is 3.34. The second-order valence-electron chi connectivity index (χ2n) is 3.75. The monoisotopic (exact) mass is 289 g/mol. The highest BCUT2D eigenvalue weighted by atomic mass is 79.9. The number of benzene rings is 1. The van der Waals surface area contributed by atoms with Crippen LogP contribution in [0.25, 0.3) is 0 Å². The molecule has 1 unspecified atom stereocenters. The predicted octanol–water partition coefficient (Wildman–Crippen LogP) is 2.42. The summed E-state index contributed by atoms with van der Waals surface area (Å²) in [7, 11) is 0. The van der Waals surface area contributed by atoms with E-state index in [0.29, 0.717) is 41.3 Å². The minimum Gasteiger partial charge on any atom is -0.486 e. The lowest BCUT2D eigenvalue weighted by Gasteiger charge is -2.22. The van der Waals surface area contributed by atoms with Gasteiger partial charge in [0.05, 0.1) is 4.47 Å². The minimum atomic E-state index is -0.317. The van der Waals surface area contributed by atoms with Crippen LogP contribution in [0, 0.1) is 5.82 Å². The maximum absolute atomic E-state index is 14.0. The van der Waals surface area contributed by atoms with Gasteiger partial charge in [0.25, 0.3) is 0 Å². The lowest BCUT2D eigenvalue weighted by atomic mass is 10.00. The van der Waals surface area contributed by atoms with E-state index in [1.165, 1.54) is 0 Å². The maximum atomic E-state index is 14.0. The van der Waals surface area contributed by atoms with Gasteiger partial charge in [-0.1, -0.05) is 6.92 Å². The predicted molar refractivity (Wildman–Crippen MR) is 62.6 cm³/mol. The van der Waals surface area contributed by atoms with Crippen molar-refractivity contribution in [2.75, 3.05) is 19.8 Å². The van der Waals surface area contributed by atoms with Crippen molar-refractivity contribution in [3.63, 3.8) is 0 Å². The number of hydrogen-bond donors (Lipinski definition) is 1. The van der Waals surface area contributed by atoms with Gasteiger partial charge in [-0.3, -0.25) is 0 Å². The molecule has 88 valence electrons. The topological polar surface area (TPSA) is 44.5 Å². The van der Waals surface area contributed by atoms with Gasteiger partial charge in [0, 0.05) is 0 Å². The average Bonchev–Trinajstić information content (AvgIpc) is 2.33. The SMILES string of the molecule is CC(CN)c1cc2c(c(Br)c1F)OCCO2. The smallest absolute Gasteiger partial charge is 0.178 e. The summed E-state index contributed by atoms with van der Waals surface area (Å²) in [5.74, 6) is 0.654. The summed E-state index contributed by atoms with van der Waals surface area (Å²) in [5, 5.41) is 0. The van der Waals surface area contributed by atoms with Crippen LogP contribution in [0.2, 0.25) is 0 Å². The fourth-order valence-corrected chi connectivity index (χ4v) is 2.17. The first-order valence-corrected chi connectivity index (χ1v) is 5.92. The van der Waals surface area contributed by atoms with Gasteiger partial charge in [-0.2, -0.15) is 0 Å². The van der Waals surface area contributed by atoms with E-state index in [4.69, 9.17) is 15.2 Å². The Kier molecular flexibility index (Phi) is 3.35. The van der Waals surface area contributed by atoms with Crippen LogP contribution in [0.3, 0.4) is 0 Å². The Morgan fingerprint density at radius 1 is 1.50 bits per heavy atom. The van der Waals surface area contributed by atoms with Gasteiger partial charge in [0.2, 0.25) is 0 Å². The molecule has 1 atom stereocenters. The van der Waals surface area contributed by atoms with Crippen molar-refractivity contribution in [1.82, 2.24) is 0 Å². The number of hydrogen-bond acceptors (Lipinski definition) is 3. The van der Waals surface area contributed by atoms with Crippen molar-refractivity contribution in [2.24, 2.45) is 5.73 Å². The molecule has 1 aromatic rings. The molecule has 2 N–H and O–H groups in total. The molecular formula is C11H13BrFNO2. The fraction of sp³-hybridized carbons (Fsp3) is 0.455. The first kappa shape index (κ1) is 11.7. The largest absolute Gasteiger partial charge is 0.486 e. The van der Waals surface area contributed by atoms with Crippen molar-refractivity contribution < 1.29 is 13.9 Å². The molecule has 5 heteroatoms. The van der Waals surface area contributed by atoms with E-state index in [-0.39, 0.29) is 11.7 Å². The Hall–Kier alpha value is -0.810. The summed E-state index contributed by atoms with van der Waals surface area (Å²) in [5.41, 5.74) is 6.10. The number of halogens is 2. The first-order chi connectivity index (χ1) is 7.65. The zero-order chi connectivity index (χ0) is 11.7. The van der Waals surface area contributed by atoms with E-state index in [2.05, 4.69) is 15.9 Å². The summed E-state index contributed by atoms with van der Waals surface area (Å²) < 4.78 is 25.1. The summed E-state index contributed by atoms with van der Waals surface area (Å²) in [6.07, 6.45) is 0. The van der Waals surface area contributed by atoms with Crippen LogP contribution in [-0.4, -0.2) is 19.8 Å². The molecule has 1 aliphatic heterocycles. The van der Waals surface area contributed by atoms with Crippen LogP contribution in [0.1, 0.15) is 18.4 Å². The lowest BCUT2D eigenvalue weighted by molar-refractivity contribution is 0.169. The molecule has 0 bridgehead atoms. The van der Waals surface area contributed by atoms with Crippen LogP contribution >= 0.6 is 15.9 Å². The number of rotatable bonds is 2. The molecule has 0 saturated carbocycles. The van der Waals surface area contributed by atoms with E-state index in [1.807, 2.05) is 6.92 Å². The summed E-state index contributed by atoms with van der Waals surface area (Å²) in [6.45, 7) is 3.20. The quantitative estimate of drug-likeness (QED) is 0.909. The zero-order valence-electron chi connectivity index (χ0n) is 8.93. The maximum Gasteiger partial charge on any atom is 0.178 e. The van der Waals surface area contributed by atoms with E-state index in [0.717, 1.165) is 0 Å². The molecule has 3 nitrogen and oxygen atoms in total. The molecule has 0 fully saturated rings. The molecule has 16 heavy (non-hydrogen) atoms. The molecule has 0 aromatic heterocycles. The summed E-state index contributed by atoms with van der Waals surface area (Å²) >= 11 is 3.19. The van der Waals surface area contributed by atoms with E-state index >= 15 is 0 Å². The number of fused-ring (bicyclic) bond motifs is 1. The fourth-order valence-electron chi connectivity index (χ4n) is 1.63. The van der Waals surface area contributed by atoms with Gasteiger partial charge < -0.3 is 15.2 Å². The molecule has 1 aliphatic rings. The first-order valence-electron chi connectivity index (χ1n) is 5.12. The van der Waals surface area contributed by atoms with Crippen LogP contribution in [0.15, 0.2) is 10.5 Å². The van der Waals surface area contributed by atoms with Crippen LogP contribution in [-0.2, 0) is 0 Å². The van der Waals surface area contributed by atoms with Crippen molar-refractivity contribution >= 4 is 15.9 Å². The molecule has 0 amide bonds. The molecular weight excluding hydrogens is 277 g/mol. The van der Waals surface area contributed by atoms with Gasteiger partial charge in [-0.05, 0) is 40.0 Å². The molecule has 0 spiro atoms. The van der Waals surface area contributed by atoms with Gasteiger partial charge in [0.1, 0.15) is 19.0 Å². The number of ether oxygens (including phenoxy) is 2. The second-order valence-corrected chi connectivity index (χ2v) is 4.55. The molecule has 0 radical (unpaired) electrons. The standard InChI is InChI=1S/C11H13BrFNO2/c1-6(5-14)7-4-8-11(9(12)10(7)13)16-3-2-15-8/h4,6H,2-3,5,14H2,1H3. The van der Waals surface area contributed by atoms with Gasteiger partial charge in [0.15, 0.2) is 11.5 Å². The van der Waals surface area contributed by atoms with E-state index in [1.54, 1.807) is 6.07 Å².